The number of likely N-dealkylation sites (tertiary alicyclic amines) is 1. The molecule has 1 aromatic carbocycles. The summed E-state index contributed by atoms with van der Waals surface area (Å²) in [5.74, 6) is 0.243. The van der Waals surface area contributed by atoms with Crippen molar-refractivity contribution in [3.8, 4) is 5.75 Å². The SMILES string of the molecule is C=CC(=O)N1CC[C@@H](OC(=O)NCCOCCOc2cc(F)ccc2C(C)C)C1. The van der Waals surface area contributed by atoms with E-state index in [0.717, 1.165) is 5.56 Å². The first-order valence-corrected chi connectivity index (χ1v) is 9.76. The topological polar surface area (TPSA) is 77.1 Å². The smallest absolute Gasteiger partial charge is 0.407 e. The van der Waals surface area contributed by atoms with E-state index in [1.165, 1.54) is 18.2 Å². The van der Waals surface area contributed by atoms with Gasteiger partial charge in [0.15, 0.2) is 0 Å². The van der Waals surface area contributed by atoms with Gasteiger partial charge in [0.1, 0.15) is 24.3 Å². The molecule has 0 aliphatic carbocycles. The van der Waals surface area contributed by atoms with E-state index in [1.807, 2.05) is 13.8 Å². The van der Waals surface area contributed by atoms with Gasteiger partial charge < -0.3 is 24.4 Å². The van der Waals surface area contributed by atoms with Gasteiger partial charge in [0.2, 0.25) is 5.91 Å². The third kappa shape index (κ3) is 7.38. The van der Waals surface area contributed by atoms with Crippen molar-refractivity contribution >= 4 is 12.0 Å². The summed E-state index contributed by atoms with van der Waals surface area (Å²) < 4.78 is 29.7. The fourth-order valence-corrected chi connectivity index (χ4v) is 2.99. The fraction of sp³-hybridized carbons (Fsp3) is 0.524. The van der Waals surface area contributed by atoms with Crippen LogP contribution in [0, 0.1) is 5.82 Å². The summed E-state index contributed by atoms with van der Waals surface area (Å²) in [7, 11) is 0. The van der Waals surface area contributed by atoms with Crippen LogP contribution in [0.3, 0.4) is 0 Å². The zero-order valence-electron chi connectivity index (χ0n) is 17.0. The second kappa shape index (κ2) is 11.4. The third-order valence-electron chi connectivity index (χ3n) is 4.50. The summed E-state index contributed by atoms with van der Waals surface area (Å²) in [6, 6.07) is 4.52. The highest BCUT2D eigenvalue weighted by Crippen LogP contribution is 2.27. The number of carbonyl (C=O) groups is 2. The van der Waals surface area contributed by atoms with Crippen LogP contribution >= 0.6 is 0 Å². The van der Waals surface area contributed by atoms with Crippen LogP contribution in [0.4, 0.5) is 9.18 Å². The molecule has 1 aliphatic heterocycles. The monoisotopic (exact) mass is 408 g/mol. The number of nitrogens with one attached hydrogen (secondary N) is 1. The van der Waals surface area contributed by atoms with Crippen LogP contribution in [0.25, 0.3) is 0 Å². The van der Waals surface area contributed by atoms with E-state index >= 15 is 0 Å². The van der Waals surface area contributed by atoms with Gasteiger partial charge in [-0.15, -0.1) is 0 Å². The lowest BCUT2D eigenvalue weighted by atomic mass is 10.0. The first-order valence-electron chi connectivity index (χ1n) is 9.76. The molecule has 0 spiro atoms. The van der Waals surface area contributed by atoms with E-state index in [2.05, 4.69) is 11.9 Å². The van der Waals surface area contributed by atoms with Crippen LogP contribution in [0.5, 0.6) is 5.75 Å². The summed E-state index contributed by atoms with van der Waals surface area (Å²) in [6.07, 6.45) is 1.01. The van der Waals surface area contributed by atoms with E-state index in [0.29, 0.717) is 38.5 Å². The minimum atomic E-state index is -0.538. The molecule has 1 aromatic rings. The van der Waals surface area contributed by atoms with Crippen molar-refractivity contribution in [1.82, 2.24) is 10.2 Å². The summed E-state index contributed by atoms with van der Waals surface area (Å²) in [4.78, 5) is 24.9. The molecule has 1 saturated heterocycles. The number of rotatable bonds is 10. The number of carbonyl (C=O) groups excluding carboxylic acids is 2. The van der Waals surface area contributed by atoms with Crippen LogP contribution in [0.2, 0.25) is 0 Å². The van der Waals surface area contributed by atoms with Gasteiger partial charge >= 0.3 is 6.09 Å². The highest BCUT2D eigenvalue weighted by molar-refractivity contribution is 5.87. The summed E-state index contributed by atoms with van der Waals surface area (Å²) in [5.41, 5.74) is 0.941. The van der Waals surface area contributed by atoms with Crippen LogP contribution in [0.1, 0.15) is 31.7 Å². The van der Waals surface area contributed by atoms with Crippen LogP contribution < -0.4 is 10.1 Å². The van der Waals surface area contributed by atoms with Crippen molar-refractivity contribution in [3.05, 3.63) is 42.2 Å². The Hall–Kier alpha value is -2.61. The normalized spacial score (nSPS) is 16.0. The molecule has 0 saturated carbocycles. The highest BCUT2D eigenvalue weighted by atomic mass is 19.1. The van der Waals surface area contributed by atoms with Gasteiger partial charge in [-0.3, -0.25) is 4.79 Å². The molecule has 1 aliphatic rings. The summed E-state index contributed by atoms with van der Waals surface area (Å²) in [5, 5.41) is 2.61. The Morgan fingerprint density at radius 1 is 1.34 bits per heavy atom. The Kier molecular flexibility index (Phi) is 8.92. The molecule has 29 heavy (non-hydrogen) atoms. The maximum absolute atomic E-state index is 13.4. The zero-order chi connectivity index (χ0) is 21.2. The lowest BCUT2D eigenvalue weighted by Crippen LogP contribution is -2.34. The number of ether oxygens (including phenoxy) is 3. The quantitative estimate of drug-likeness (QED) is 0.476. The zero-order valence-corrected chi connectivity index (χ0v) is 17.0. The van der Waals surface area contributed by atoms with Crippen LogP contribution in [-0.4, -0.2) is 62.5 Å². The van der Waals surface area contributed by atoms with Crippen molar-refractivity contribution in [2.24, 2.45) is 0 Å². The summed E-state index contributed by atoms with van der Waals surface area (Å²) >= 11 is 0. The van der Waals surface area contributed by atoms with E-state index < -0.39 is 6.09 Å². The second-order valence-electron chi connectivity index (χ2n) is 7.03. The van der Waals surface area contributed by atoms with Gasteiger partial charge in [0.05, 0.1) is 19.8 Å². The average molecular weight is 408 g/mol. The van der Waals surface area contributed by atoms with Crippen molar-refractivity contribution in [1.29, 1.82) is 0 Å². The Balaban J connectivity index is 1.56. The Morgan fingerprint density at radius 2 is 2.14 bits per heavy atom. The number of alkyl carbamates (subject to hydrolysis) is 1. The molecule has 8 heteroatoms. The number of hydrogen-bond donors (Lipinski definition) is 1. The van der Waals surface area contributed by atoms with Gasteiger partial charge in [-0.1, -0.05) is 26.5 Å². The number of hydrogen-bond acceptors (Lipinski definition) is 5. The molecule has 2 amide bonds. The number of benzene rings is 1. The van der Waals surface area contributed by atoms with E-state index in [4.69, 9.17) is 14.2 Å². The largest absolute Gasteiger partial charge is 0.491 e. The molecule has 0 aromatic heterocycles. The van der Waals surface area contributed by atoms with Gasteiger partial charge in [0, 0.05) is 25.6 Å². The molecule has 160 valence electrons. The molecular formula is C21H29FN2O5. The second-order valence-corrected chi connectivity index (χ2v) is 7.03. The molecule has 0 unspecified atom stereocenters. The fourth-order valence-electron chi connectivity index (χ4n) is 2.99. The van der Waals surface area contributed by atoms with E-state index in [9.17, 15) is 14.0 Å². The first kappa shape index (κ1) is 22.7. The van der Waals surface area contributed by atoms with Gasteiger partial charge in [-0.25, -0.2) is 9.18 Å². The summed E-state index contributed by atoms with van der Waals surface area (Å²) in [6.45, 7) is 9.58. The Labute approximate surface area is 170 Å². The van der Waals surface area contributed by atoms with Crippen LogP contribution in [0.15, 0.2) is 30.9 Å². The van der Waals surface area contributed by atoms with Crippen molar-refractivity contribution < 1.29 is 28.2 Å². The predicted octanol–water partition coefficient (Wildman–Crippen LogP) is 2.86. The number of amides is 2. The predicted molar refractivity (Wildman–Crippen MR) is 106 cm³/mol. The Morgan fingerprint density at radius 3 is 2.86 bits per heavy atom. The lowest BCUT2D eigenvalue weighted by molar-refractivity contribution is -0.125. The standard InChI is InChI=1S/C21H29FN2O5/c1-4-20(25)24-9-7-17(14-24)29-21(26)23-8-10-27-11-12-28-19-13-16(22)5-6-18(19)15(2)3/h4-6,13,15,17H,1,7-12,14H2,2-3H3,(H,23,26)/t17-/m1/s1. The van der Waals surface area contributed by atoms with Crippen LogP contribution in [-0.2, 0) is 14.3 Å². The van der Waals surface area contributed by atoms with Gasteiger partial charge in [-0.2, -0.15) is 0 Å². The number of nitrogens with zero attached hydrogens (tertiary/aromatic N) is 1. The maximum atomic E-state index is 13.4. The average Bonchev–Trinajstić information content (AvgIpc) is 3.14. The first-order chi connectivity index (χ1) is 13.9. The molecule has 1 N–H and O–H groups in total. The minimum absolute atomic E-state index is 0.161. The van der Waals surface area contributed by atoms with E-state index in [1.54, 1.807) is 11.0 Å². The van der Waals surface area contributed by atoms with Crippen molar-refractivity contribution in [3.63, 3.8) is 0 Å². The van der Waals surface area contributed by atoms with Crippen molar-refractivity contribution in [2.45, 2.75) is 32.3 Å². The molecule has 1 fully saturated rings. The highest BCUT2D eigenvalue weighted by Gasteiger charge is 2.27. The van der Waals surface area contributed by atoms with Gasteiger partial charge in [0.25, 0.3) is 0 Å². The molecule has 2 rings (SSSR count). The van der Waals surface area contributed by atoms with Crippen molar-refractivity contribution in [2.75, 3.05) is 39.5 Å². The molecule has 1 heterocycles. The molecule has 0 radical (unpaired) electrons. The maximum Gasteiger partial charge on any atom is 0.407 e. The molecular weight excluding hydrogens is 379 g/mol. The molecule has 1 atom stereocenters. The van der Waals surface area contributed by atoms with E-state index in [-0.39, 0.29) is 36.9 Å². The Bertz CT molecular complexity index is 710. The molecule has 7 nitrogen and oxygen atoms in total. The number of halogens is 1. The molecule has 0 bridgehead atoms. The minimum Gasteiger partial charge on any atom is -0.491 e. The third-order valence-corrected chi connectivity index (χ3v) is 4.50. The van der Waals surface area contributed by atoms with Gasteiger partial charge in [-0.05, 0) is 23.6 Å². The lowest BCUT2D eigenvalue weighted by Gasteiger charge is -2.15.